The van der Waals surface area contributed by atoms with Crippen molar-refractivity contribution in [3.05, 3.63) is 30.1 Å². The van der Waals surface area contributed by atoms with E-state index >= 15 is 0 Å². The fraction of sp³-hybridized carbons (Fsp3) is 0.591. The number of hydrogen-bond acceptors (Lipinski definition) is 3. The third-order valence-electron chi connectivity index (χ3n) is 5.61. The summed E-state index contributed by atoms with van der Waals surface area (Å²) in [5.74, 6) is 1.20. The molecule has 0 radical (unpaired) electrons. The van der Waals surface area contributed by atoms with E-state index in [4.69, 9.17) is 4.98 Å². The minimum Gasteiger partial charge on any atom is -0.344 e. The molecular formula is C22H32N4O2. The third kappa shape index (κ3) is 4.37. The molecule has 1 atom stereocenters. The second-order valence-corrected chi connectivity index (χ2v) is 7.81. The van der Waals surface area contributed by atoms with Gasteiger partial charge < -0.3 is 14.4 Å². The van der Waals surface area contributed by atoms with Crippen LogP contribution in [0, 0.1) is 0 Å². The van der Waals surface area contributed by atoms with Crippen molar-refractivity contribution in [1.29, 1.82) is 0 Å². The molecule has 1 aromatic carbocycles. The summed E-state index contributed by atoms with van der Waals surface area (Å²) in [5.41, 5.74) is 1.86. The molecule has 6 heteroatoms. The van der Waals surface area contributed by atoms with Gasteiger partial charge in [-0.2, -0.15) is 0 Å². The zero-order valence-electron chi connectivity index (χ0n) is 17.4. The summed E-state index contributed by atoms with van der Waals surface area (Å²) in [4.78, 5) is 33.8. The molecule has 1 aromatic heterocycles. The summed E-state index contributed by atoms with van der Waals surface area (Å²) in [5, 5.41) is 0. The molecule has 2 heterocycles. The Kier molecular flexibility index (Phi) is 6.70. The van der Waals surface area contributed by atoms with Gasteiger partial charge in [0.25, 0.3) is 0 Å². The molecule has 1 aliphatic heterocycles. The van der Waals surface area contributed by atoms with Gasteiger partial charge in [-0.1, -0.05) is 38.8 Å². The molecule has 0 unspecified atom stereocenters. The molecule has 28 heavy (non-hydrogen) atoms. The van der Waals surface area contributed by atoms with E-state index in [1.54, 1.807) is 4.90 Å². The highest BCUT2D eigenvalue weighted by Gasteiger charge is 2.34. The van der Waals surface area contributed by atoms with Crippen LogP contribution in [-0.4, -0.2) is 57.8 Å². The van der Waals surface area contributed by atoms with Crippen LogP contribution in [0.4, 0.5) is 0 Å². The monoisotopic (exact) mass is 384 g/mol. The predicted molar refractivity (Wildman–Crippen MR) is 111 cm³/mol. The molecule has 0 N–H and O–H groups in total. The number of benzene rings is 1. The van der Waals surface area contributed by atoms with Crippen LogP contribution < -0.4 is 0 Å². The molecule has 3 rings (SSSR count). The van der Waals surface area contributed by atoms with Crippen LogP contribution in [0.3, 0.4) is 0 Å². The number of carbonyl (C=O) groups is 2. The summed E-state index contributed by atoms with van der Waals surface area (Å²) in [6.07, 6.45) is 4.64. The van der Waals surface area contributed by atoms with Gasteiger partial charge in [0.05, 0.1) is 11.0 Å². The topological polar surface area (TPSA) is 58.4 Å². The van der Waals surface area contributed by atoms with E-state index in [-0.39, 0.29) is 24.3 Å². The number of aromatic nitrogens is 2. The van der Waals surface area contributed by atoms with E-state index in [0.717, 1.165) is 55.6 Å². The number of amides is 2. The van der Waals surface area contributed by atoms with Crippen molar-refractivity contribution >= 4 is 22.8 Å². The van der Waals surface area contributed by atoms with E-state index in [2.05, 4.69) is 13.8 Å². The Hall–Kier alpha value is -2.37. The Labute approximate surface area is 167 Å². The predicted octanol–water partition coefficient (Wildman–Crippen LogP) is 3.41. The first-order valence-corrected chi connectivity index (χ1v) is 10.5. The first kappa shape index (κ1) is 20.4. The van der Waals surface area contributed by atoms with Gasteiger partial charge in [-0.05, 0) is 25.0 Å². The van der Waals surface area contributed by atoms with Crippen molar-refractivity contribution in [2.45, 2.75) is 58.4 Å². The number of hydrogen-bond donors (Lipinski definition) is 0. The van der Waals surface area contributed by atoms with E-state index in [0.29, 0.717) is 13.0 Å². The number of likely N-dealkylation sites (tertiary alicyclic amines) is 1. The van der Waals surface area contributed by atoms with Crippen LogP contribution in [-0.2, 0) is 16.1 Å². The molecule has 152 valence electrons. The molecule has 1 fully saturated rings. The van der Waals surface area contributed by atoms with E-state index in [1.807, 2.05) is 40.8 Å². The average molecular weight is 385 g/mol. The second kappa shape index (κ2) is 9.22. The van der Waals surface area contributed by atoms with Gasteiger partial charge in [-0.25, -0.2) is 4.98 Å². The largest absolute Gasteiger partial charge is 0.344 e. The second-order valence-electron chi connectivity index (χ2n) is 7.81. The minimum absolute atomic E-state index is 0.0468. The zero-order chi connectivity index (χ0) is 20.1. The number of rotatable bonds is 9. The van der Waals surface area contributed by atoms with Crippen molar-refractivity contribution in [1.82, 2.24) is 19.4 Å². The van der Waals surface area contributed by atoms with Crippen molar-refractivity contribution < 1.29 is 9.59 Å². The number of carbonyl (C=O) groups excluding carboxylic acids is 2. The first-order valence-electron chi connectivity index (χ1n) is 10.5. The molecule has 6 nitrogen and oxygen atoms in total. The lowest BCUT2D eigenvalue weighted by molar-refractivity contribution is -0.130. The van der Waals surface area contributed by atoms with Crippen molar-refractivity contribution in [3.8, 4) is 0 Å². The van der Waals surface area contributed by atoms with Crippen LogP contribution in [0.5, 0.6) is 0 Å². The first-order chi connectivity index (χ1) is 13.5. The number of likely N-dealkylation sites (N-methyl/N-ethyl adjacent to an activating group) is 1. The Balaban J connectivity index is 1.85. The highest BCUT2D eigenvalue weighted by molar-refractivity contribution is 5.83. The van der Waals surface area contributed by atoms with E-state index < -0.39 is 0 Å². The van der Waals surface area contributed by atoms with Gasteiger partial charge >= 0.3 is 0 Å². The Morgan fingerprint density at radius 1 is 1.21 bits per heavy atom. The number of unbranched alkanes of at least 4 members (excludes halogenated alkanes) is 2. The van der Waals surface area contributed by atoms with Crippen LogP contribution in [0.2, 0.25) is 0 Å². The minimum atomic E-state index is 0.0468. The summed E-state index contributed by atoms with van der Waals surface area (Å²) in [7, 11) is 1.86. The van der Waals surface area contributed by atoms with Crippen LogP contribution in [0.15, 0.2) is 24.3 Å². The fourth-order valence-electron chi connectivity index (χ4n) is 3.86. The smallest absolute Gasteiger partial charge is 0.242 e. The summed E-state index contributed by atoms with van der Waals surface area (Å²) < 4.78 is 2.03. The number of imidazole rings is 1. The maximum Gasteiger partial charge on any atom is 0.242 e. The summed E-state index contributed by atoms with van der Waals surface area (Å²) in [6.45, 7) is 6.81. The molecule has 1 aliphatic rings. The number of nitrogens with zero attached hydrogens (tertiary/aromatic N) is 4. The van der Waals surface area contributed by atoms with Crippen molar-refractivity contribution in [2.75, 3.05) is 26.7 Å². The highest BCUT2D eigenvalue weighted by atomic mass is 16.2. The molecule has 1 saturated heterocycles. The number of para-hydroxylation sites is 2. The molecular weight excluding hydrogens is 352 g/mol. The highest BCUT2D eigenvalue weighted by Crippen LogP contribution is 2.30. The lowest BCUT2D eigenvalue weighted by atomic mass is 10.1. The number of fused-ring (bicyclic) bond motifs is 1. The lowest BCUT2D eigenvalue weighted by Gasteiger charge is -2.20. The fourth-order valence-corrected chi connectivity index (χ4v) is 3.86. The zero-order valence-corrected chi connectivity index (χ0v) is 17.4. The van der Waals surface area contributed by atoms with E-state index in [9.17, 15) is 9.59 Å². The molecule has 0 aliphatic carbocycles. The van der Waals surface area contributed by atoms with Crippen molar-refractivity contribution in [3.63, 3.8) is 0 Å². The van der Waals surface area contributed by atoms with Gasteiger partial charge in [0, 0.05) is 39.0 Å². The third-order valence-corrected chi connectivity index (χ3v) is 5.61. The normalized spacial score (nSPS) is 16.9. The molecule has 0 bridgehead atoms. The quantitative estimate of drug-likeness (QED) is 0.666. The SMILES string of the molecule is CCCCN(C)C(=O)Cn1c([C@H]2CC(=O)N(CCCC)C2)nc2ccccc21. The van der Waals surface area contributed by atoms with E-state index in [1.165, 1.54) is 0 Å². The Morgan fingerprint density at radius 2 is 1.96 bits per heavy atom. The molecule has 2 amide bonds. The summed E-state index contributed by atoms with van der Waals surface area (Å²) >= 11 is 0. The van der Waals surface area contributed by atoms with Gasteiger partial charge in [-0.3, -0.25) is 9.59 Å². The molecule has 0 saturated carbocycles. The molecule has 0 spiro atoms. The van der Waals surface area contributed by atoms with Gasteiger partial charge in [0.15, 0.2) is 0 Å². The van der Waals surface area contributed by atoms with Gasteiger partial charge in [0.2, 0.25) is 11.8 Å². The Morgan fingerprint density at radius 3 is 2.71 bits per heavy atom. The van der Waals surface area contributed by atoms with Gasteiger partial charge in [0.1, 0.15) is 12.4 Å². The van der Waals surface area contributed by atoms with Crippen LogP contribution in [0.1, 0.15) is 57.7 Å². The van der Waals surface area contributed by atoms with Gasteiger partial charge in [-0.15, -0.1) is 0 Å². The van der Waals surface area contributed by atoms with Crippen LogP contribution >= 0.6 is 0 Å². The molecule has 2 aromatic rings. The standard InChI is InChI=1S/C22H32N4O2/c1-4-6-12-24(3)21(28)16-26-19-11-9-8-10-18(19)23-22(26)17-14-20(27)25(15-17)13-7-5-2/h8-11,17H,4-7,12-16H2,1-3H3/t17-/m0/s1. The van der Waals surface area contributed by atoms with Crippen LogP contribution in [0.25, 0.3) is 11.0 Å². The maximum atomic E-state index is 12.8. The average Bonchev–Trinajstić information content (AvgIpc) is 3.25. The Bertz CT molecular complexity index is 829. The lowest BCUT2D eigenvalue weighted by Crippen LogP contribution is -2.32. The summed E-state index contributed by atoms with van der Waals surface area (Å²) in [6, 6.07) is 7.93. The van der Waals surface area contributed by atoms with Crippen molar-refractivity contribution in [2.24, 2.45) is 0 Å². The maximum absolute atomic E-state index is 12.8.